The largest absolute Gasteiger partial charge is 0.477 e. The number of ether oxygens (including phenoxy) is 4. The molecular weight excluding hydrogens is 1220 g/mol. The van der Waals surface area contributed by atoms with E-state index in [9.17, 15) is 19.5 Å². The standard InChI is InChI=1S/C90H143NO8/c1-6-8-10-12-14-16-18-20-22-24-26-28-30-32-34-36-38-40-41-42-43-44-45-46-47-49-51-53-55-57-59-61-63-65-67-69-71-73-75-77-79-81-88(93)99-86(85-98-90(89(94)95)96-83-82-91(3,4)5)84-97-87(92)80-78-76-74-72-70-68-66-64-62-60-58-56-54-52-50-48-39-37-35-33-31-29-27-25-23-21-19-17-15-13-11-9-7-2/h8-11,14-17,20-23,26-29,32-35,38-40,42-43,45-46,48-49,51-52,54,58,60,86,90H,6-7,12-13,18-19,24-25,30-31,36-37,41,44,47,50,53,55-57,59,61-85H2,1-5H3/p+1/b10-8-,11-9-,16-14-,17-15-,22-20-,23-21-,28-26-,29-27-,34-32-,35-33-,40-38-,43-42-,46-45-,48-39-,51-49-,54-52-,60-58-. The number of carbonyl (C=O) groups excluding carboxylic acids is 2. The lowest BCUT2D eigenvalue weighted by molar-refractivity contribution is -0.870. The number of nitrogens with zero attached hydrogens (tertiary/aromatic N) is 1. The molecule has 9 heteroatoms. The normalized spacial score (nSPS) is 13.8. The molecule has 0 saturated carbocycles. The monoisotopic (exact) mass is 1370 g/mol. The number of likely N-dealkylation sites (N-methyl/N-ethyl adjacent to an activating group) is 1. The van der Waals surface area contributed by atoms with Gasteiger partial charge in [-0.1, -0.05) is 330 Å². The molecule has 2 atom stereocenters. The van der Waals surface area contributed by atoms with Crippen molar-refractivity contribution in [3.05, 3.63) is 207 Å². The first kappa shape index (κ1) is 92.9. The molecular formula is C90H144NO8+. The molecule has 0 rings (SSSR count). The van der Waals surface area contributed by atoms with Crippen LogP contribution in [0.5, 0.6) is 0 Å². The molecule has 1 N–H and O–H groups in total. The van der Waals surface area contributed by atoms with E-state index in [1.165, 1.54) is 89.9 Å². The molecule has 0 aromatic rings. The minimum atomic E-state index is -1.53. The lowest BCUT2D eigenvalue weighted by Crippen LogP contribution is -2.40. The molecule has 0 bridgehead atoms. The Bertz CT molecular complexity index is 2390. The Morgan fingerprint density at radius 3 is 0.808 bits per heavy atom. The van der Waals surface area contributed by atoms with Crippen LogP contribution in [0.15, 0.2) is 207 Å². The highest BCUT2D eigenvalue weighted by molar-refractivity contribution is 5.71. The summed E-state index contributed by atoms with van der Waals surface area (Å²) in [4.78, 5) is 37.7. The molecule has 9 nitrogen and oxygen atoms in total. The average Bonchev–Trinajstić information content (AvgIpc) is 2.62. The highest BCUT2D eigenvalue weighted by Gasteiger charge is 2.25. The summed E-state index contributed by atoms with van der Waals surface area (Å²) in [5.41, 5.74) is 0. The summed E-state index contributed by atoms with van der Waals surface area (Å²) in [5, 5.41) is 9.77. The molecule has 0 saturated heterocycles. The second-order valence-corrected chi connectivity index (χ2v) is 26.6. The van der Waals surface area contributed by atoms with E-state index in [1.54, 1.807) is 0 Å². The zero-order valence-corrected chi connectivity index (χ0v) is 63.6. The van der Waals surface area contributed by atoms with Crippen LogP contribution in [0, 0.1) is 0 Å². The van der Waals surface area contributed by atoms with E-state index < -0.39 is 24.3 Å². The maximum Gasteiger partial charge on any atom is 0.361 e. The predicted molar refractivity (Wildman–Crippen MR) is 428 cm³/mol. The Hall–Kier alpha value is -6.13. The number of quaternary nitrogens is 1. The SMILES string of the molecule is CC/C=C\C/C=C\C/C=C\C/C=C\C/C=C\C/C=C\C/C=C\C/C=C\C/C=C\CCCCCCCCCCCCCCCC(=O)OC(COC(=O)CCCCCCCCCC/C=C\C/C=C\C/C=C\C/C=C\C/C=C\C/C=C\C/C=C\C/C=C\CC)COC(OCC[N+](C)(C)C)C(=O)O. The van der Waals surface area contributed by atoms with Crippen LogP contribution in [-0.4, -0.2) is 87.4 Å². The Balaban J connectivity index is 4.14. The zero-order valence-electron chi connectivity index (χ0n) is 63.6. The van der Waals surface area contributed by atoms with Gasteiger partial charge in [0.2, 0.25) is 0 Å². The molecule has 99 heavy (non-hydrogen) atoms. The van der Waals surface area contributed by atoms with Crippen molar-refractivity contribution in [2.45, 2.75) is 296 Å². The molecule has 0 aromatic heterocycles. The van der Waals surface area contributed by atoms with Crippen LogP contribution in [0.2, 0.25) is 0 Å². The first-order chi connectivity index (χ1) is 48.6. The van der Waals surface area contributed by atoms with Crippen molar-refractivity contribution in [2.24, 2.45) is 0 Å². The lowest BCUT2D eigenvalue weighted by atomic mass is 10.0. The number of carboxylic acid groups (broad SMARTS) is 1. The molecule has 0 heterocycles. The highest BCUT2D eigenvalue weighted by Crippen LogP contribution is 2.16. The van der Waals surface area contributed by atoms with E-state index in [0.29, 0.717) is 17.4 Å². The third-order valence-electron chi connectivity index (χ3n) is 16.0. The van der Waals surface area contributed by atoms with E-state index in [-0.39, 0.29) is 38.6 Å². The third kappa shape index (κ3) is 79.1. The maximum atomic E-state index is 13.0. The maximum absolute atomic E-state index is 13.0. The number of hydrogen-bond donors (Lipinski definition) is 1. The molecule has 0 aliphatic rings. The van der Waals surface area contributed by atoms with Gasteiger partial charge in [-0.05, 0) is 148 Å². The van der Waals surface area contributed by atoms with Crippen molar-refractivity contribution in [1.82, 2.24) is 0 Å². The summed E-state index contributed by atoms with van der Waals surface area (Å²) >= 11 is 0. The summed E-state index contributed by atoms with van der Waals surface area (Å²) in [5.74, 6) is -2.03. The molecule has 0 radical (unpaired) electrons. The fourth-order valence-electron chi connectivity index (χ4n) is 10.1. The fraction of sp³-hybridized carbons (Fsp3) is 0.589. The number of carboxylic acids is 1. The van der Waals surface area contributed by atoms with Crippen LogP contribution in [0.25, 0.3) is 0 Å². The number of hydrogen-bond acceptors (Lipinski definition) is 7. The van der Waals surface area contributed by atoms with Crippen molar-refractivity contribution in [2.75, 3.05) is 47.5 Å². The van der Waals surface area contributed by atoms with E-state index in [1.807, 2.05) is 21.1 Å². The van der Waals surface area contributed by atoms with Crippen molar-refractivity contribution < 1.29 is 42.9 Å². The van der Waals surface area contributed by atoms with Gasteiger partial charge in [0.1, 0.15) is 13.2 Å². The van der Waals surface area contributed by atoms with E-state index in [2.05, 4.69) is 220 Å². The number of esters is 2. The van der Waals surface area contributed by atoms with Crippen LogP contribution in [0.3, 0.4) is 0 Å². The van der Waals surface area contributed by atoms with E-state index in [0.717, 1.165) is 161 Å². The number of allylic oxidation sites excluding steroid dienone is 34. The Labute approximate surface area is 607 Å². The second-order valence-electron chi connectivity index (χ2n) is 26.6. The quantitative estimate of drug-likeness (QED) is 0.0211. The number of aliphatic carboxylic acids is 1. The summed E-state index contributed by atoms with van der Waals surface area (Å²) < 4.78 is 23.0. The first-order valence-electron chi connectivity index (χ1n) is 39.2. The van der Waals surface area contributed by atoms with Crippen molar-refractivity contribution in [1.29, 1.82) is 0 Å². The van der Waals surface area contributed by atoms with Gasteiger partial charge < -0.3 is 28.5 Å². The van der Waals surface area contributed by atoms with Gasteiger partial charge in [0, 0.05) is 12.8 Å². The minimum absolute atomic E-state index is 0.176. The van der Waals surface area contributed by atoms with Crippen LogP contribution in [0.1, 0.15) is 284 Å². The van der Waals surface area contributed by atoms with Gasteiger partial charge in [-0.2, -0.15) is 0 Å². The van der Waals surface area contributed by atoms with Gasteiger partial charge >= 0.3 is 17.9 Å². The lowest BCUT2D eigenvalue weighted by Gasteiger charge is -2.25. The van der Waals surface area contributed by atoms with Crippen LogP contribution >= 0.6 is 0 Å². The van der Waals surface area contributed by atoms with Crippen LogP contribution < -0.4 is 0 Å². The van der Waals surface area contributed by atoms with E-state index >= 15 is 0 Å². The Morgan fingerprint density at radius 2 is 0.545 bits per heavy atom. The van der Waals surface area contributed by atoms with Crippen molar-refractivity contribution in [3.63, 3.8) is 0 Å². The average molecular weight is 1370 g/mol. The predicted octanol–water partition coefficient (Wildman–Crippen LogP) is 25.5. The number of unbranched alkanes of at least 4 members (excludes halogenated alkanes) is 21. The highest BCUT2D eigenvalue weighted by atomic mass is 16.7. The van der Waals surface area contributed by atoms with Gasteiger partial charge in [0.15, 0.2) is 6.10 Å². The van der Waals surface area contributed by atoms with E-state index in [4.69, 9.17) is 18.9 Å². The zero-order chi connectivity index (χ0) is 71.8. The van der Waals surface area contributed by atoms with Crippen molar-refractivity contribution >= 4 is 17.9 Å². The topological polar surface area (TPSA) is 108 Å². The van der Waals surface area contributed by atoms with Gasteiger partial charge in [-0.3, -0.25) is 9.59 Å². The van der Waals surface area contributed by atoms with Gasteiger partial charge in [-0.25, -0.2) is 4.79 Å². The molecule has 0 aliphatic heterocycles. The Morgan fingerprint density at radius 1 is 0.303 bits per heavy atom. The minimum Gasteiger partial charge on any atom is -0.477 e. The summed E-state index contributed by atoms with van der Waals surface area (Å²) in [6.07, 6.45) is 118. The van der Waals surface area contributed by atoms with Gasteiger partial charge in [0.25, 0.3) is 6.29 Å². The molecule has 0 aromatic carbocycles. The smallest absolute Gasteiger partial charge is 0.361 e. The molecule has 556 valence electrons. The molecule has 0 fully saturated rings. The van der Waals surface area contributed by atoms with Crippen molar-refractivity contribution in [3.8, 4) is 0 Å². The summed E-state index contributed by atoms with van der Waals surface area (Å²) in [6.45, 7) is 4.63. The Kier molecular flexibility index (Phi) is 72.8. The first-order valence-corrected chi connectivity index (χ1v) is 39.2. The third-order valence-corrected chi connectivity index (χ3v) is 16.0. The number of rotatable bonds is 70. The number of carbonyl (C=O) groups is 3. The summed E-state index contributed by atoms with van der Waals surface area (Å²) in [6, 6.07) is 0. The van der Waals surface area contributed by atoms with Crippen LogP contribution in [0.4, 0.5) is 0 Å². The fourth-order valence-corrected chi connectivity index (χ4v) is 10.1. The second kappa shape index (κ2) is 77.6. The molecule has 0 aliphatic carbocycles. The van der Waals surface area contributed by atoms with Gasteiger partial charge in [0.05, 0.1) is 34.4 Å². The molecule has 0 amide bonds. The van der Waals surface area contributed by atoms with Gasteiger partial charge in [-0.15, -0.1) is 0 Å². The van der Waals surface area contributed by atoms with Crippen LogP contribution in [-0.2, 0) is 33.3 Å². The summed E-state index contributed by atoms with van der Waals surface area (Å²) in [7, 11) is 5.97. The molecule has 0 spiro atoms. The molecule has 2 unspecified atom stereocenters.